The molecular weight excluding hydrogens is 166 g/mol. The van der Waals surface area contributed by atoms with Crippen LogP contribution in [0, 0.1) is 0 Å². The van der Waals surface area contributed by atoms with Crippen LogP contribution in [-0.2, 0) is 0 Å². The third-order valence-corrected chi connectivity index (χ3v) is 1.97. The maximum atomic E-state index is 10.5. The molecule has 0 unspecified atom stereocenters. The number of hydrogen-bond donors (Lipinski definition) is 2. The van der Waals surface area contributed by atoms with E-state index in [2.05, 4.69) is 4.98 Å². The molecule has 1 rings (SSSR count). The summed E-state index contributed by atoms with van der Waals surface area (Å²) in [7, 11) is 0. The Morgan fingerprint density at radius 3 is 2.92 bits per heavy atom. The number of carbonyl (C=O) groups is 1. The highest BCUT2D eigenvalue weighted by Crippen LogP contribution is 2.16. The zero-order valence-corrected chi connectivity index (χ0v) is 7.53. The molecule has 70 valence electrons. The van der Waals surface area contributed by atoms with Crippen molar-refractivity contribution < 1.29 is 4.79 Å². The number of nitrogens with two attached hydrogens (primary N) is 2. The normalized spacial score (nSPS) is 12.5. The predicted molar refractivity (Wildman–Crippen MR) is 51.3 cm³/mol. The molecule has 1 aromatic heterocycles. The molecular formula is C9H13N3O. The molecule has 4 heteroatoms. The second kappa shape index (κ2) is 4.00. The lowest BCUT2D eigenvalue weighted by Crippen LogP contribution is -2.10. The van der Waals surface area contributed by atoms with E-state index >= 15 is 0 Å². The van der Waals surface area contributed by atoms with Gasteiger partial charge in [0.15, 0.2) is 6.29 Å². The number of aldehydes is 1. The summed E-state index contributed by atoms with van der Waals surface area (Å²) in [6.07, 6.45) is 3.11. The molecule has 13 heavy (non-hydrogen) atoms. The number of aromatic nitrogens is 1. The third-order valence-electron chi connectivity index (χ3n) is 1.97. The predicted octanol–water partition coefficient (Wildman–Crippen LogP) is 0.886. The van der Waals surface area contributed by atoms with Crippen LogP contribution in [0.1, 0.15) is 35.3 Å². The lowest BCUT2D eigenvalue weighted by Gasteiger charge is -2.09. The Balaban J connectivity index is 3.05. The maximum absolute atomic E-state index is 10.5. The third kappa shape index (κ3) is 2.03. The minimum absolute atomic E-state index is 0.0770. The van der Waals surface area contributed by atoms with Crippen molar-refractivity contribution in [1.29, 1.82) is 0 Å². The summed E-state index contributed by atoms with van der Waals surface area (Å²) in [5.74, 6) is 0.252. The number of rotatable bonds is 3. The zero-order valence-electron chi connectivity index (χ0n) is 7.53. The van der Waals surface area contributed by atoms with Gasteiger partial charge in [-0.15, -0.1) is 0 Å². The first-order valence-electron chi connectivity index (χ1n) is 4.15. The van der Waals surface area contributed by atoms with Gasteiger partial charge in [-0.05, 0) is 18.1 Å². The monoisotopic (exact) mass is 179 g/mol. The van der Waals surface area contributed by atoms with Gasteiger partial charge in [0.25, 0.3) is 0 Å². The average molecular weight is 179 g/mol. The molecule has 0 aliphatic rings. The van der Waals surface area contributed by atoms with Gasteiger partial charge < -0.3 is 11.5 Å². The Labute approximate surface area is 77.0 Å². The molecule has 0 bridgehead atoms. The van der Waals surface area contributed by atoms with Gasteiger partial charge in [-0.2, -0.15) is 0 Å². The van der Waals surface area contributed by atoms with Crippen molar-refractivity contribution in [3.63, 3.8) is 0 Å². The van der Waals surface area contributed by atoms with Crippen molar-refractivity contribution in [2.75, 3.05) is 5.73 Å². The van der Waals surface area contributed by atoms with Gasteiger partial charge in [-0.25, -0.2) is 4.98 Å². The summed E-state index contributed by atoms with van der Waals surface area (Å²) in [4.78, 5) is 14.4. The van der Waals surface area contributed by atoms with Gasteiger partial charge in [0, 0.05) is 12.2 Å². The van der Waals surface area contributed by atoms with Gasteiger partial charge in [-0.3, -0.25) is 4.79 Å². The van der Waals surface area contributed by atoms with Crippen LogP contribution in [0.15, 0.2) is 12.3 Å². The molecule has 0 amide bonds. The number of nitrogen functional groups attached to an aromatic ring is 1. The van der Waals surface area contributed by atoms with E-state index in [0.717, 1.165) is 12.0 Å². The van der Waals surface area contributed by atoms with Crippen LogP contribution in [0.4, 0.5) is 5.82 Å². The summed E-state index contributed by atoms with van der Waals surface area (Å²) in [5.41, 5.74) is 12.5. The second-order valence-electron chi connectivity index (χ2n) is 2.88. The maximum Gasteiger partial charge on any atom is 0.153 e. The first-order chi connectivity index (χ1) is 6.19. The van der Waals surface area contributed by atoms with Crippen molar-refractivity contribution in [2.24, 2.45) is 5.73 Å². The van der Waals surface area contributed by atoms with E-state index in [-0.39, 0.29) is 11.9 Å². The molecule has 0 saturated heterocycles. The molecule has 0 radical (unpaired) electrons. The van der Waals surface area contributed by atoms with Crippen molar-refractivity contribution in [1.82, 2.24) is 4.98 Å². The van der Waals surface area contributed by atoms with Gasteiger partial charge in [0.1, 0.15) is 5.82 Å². The van der Waals surface area contributed by atoms with Crippen LogP contribution < -0.4 is 11.5 Å². The van der Waals surface area contributed by atoms with Crippen LogP contribution in [0.2, 0.25) is 0 Å². The van der Waals surface area contributed by atoms with Gasteiger partial charge in [0.05, 0.1) is 5.56 Å². The van der Waals surface area contributed by atoms with E-state index in [0.29, 0.717) is 11.8 Å². The van der Waals surface area contributed by atoms with Gasteiger partial charge in [0.2, 0.25) is 0 Å². The molecule has 1 aromatic rings. The topological polar surface area (TPSA) is 82.0 Å². The molecule has 1 heterocycles. The zero-order chi connectivity index (χ0) is 9.84. The van der Waals surface area contributed by atoms with E-state index in [1.165, 1.54) is 0 Å². The number of pyridine rings is 1. The fourth-order valence-electron chi connectivity index (χ4n) is 1.04. The molecule has 0 aliphatic heterocycles. The number of anilines is 1. The SMILES string of the molecule is CC[C@H](N)c1cnc(N)c(C=O)c1. The number of carbonyl (C=O) groups excluding carboxylic acids is 1. The van der Waals surface area contributed by atoms with E-state index in [1.807, 2.05) is 6.92 Å². The Morgan fingerprint density at radius 1 is 1.69 bits per heavy atom. The molecule has 0 saturated carbocycles. The summed E-state index contributed by atoms with van der Waals surface area (Å²) < 4.78 is 0. The van der Waals surface area contributed by atoms with Crippen LogP contribution in [0.3, 0.4) is 0 Å². The number of hydrogen-bond acceptors (Lipinski definition) is 4. The highest BCUT2D eigenvalue weighted by Gasteiger charge is 2.06. The Hall–Kier alpha value is -1.42. The smallest absolute Gasteiger partial charge is 0.153 e. The fraction of sp³-hybridized carbons (Fsp3) is 0.333. The first-order valence-corrected chi connectivity index (χ1v) is 4.15. The summed E-state index contributed by atoms with van der Waals surface area (Å²) in [5, 5.41) is 0. The first kappa shape index (κ1) is 9.67. The lowest BCUT2D eigenvalue weighted by molar-refractivity contribution is 0.112. The molecule has 4 nitrogen and oxygen atoms in total. The Morgan fingerprint density at radius 2 is 2.38 bits per heavy atom. The van der Waals surface area contributed by atoms with E-state index in [9.17, 15) is 4.79 Å². The fourth-order valence-corrected chi connectivity index (χ4v) is 1.04. The second-order valence-corrected chi connectivity index (χ2v) is 2.88. The minimum atomic E-state index is -0.0770. The Kier molecular flexibility index (Phi) is 2.97. The highest BCUT2D eigenvalue weighted by molar-refractivity contribution is 5.81. The Bertz CT molecular complexity index is 312. The highest BCUT2D eigenvalue weighted by atomic mass is 16.1. The molecule has 1 atom stereocenters. The van der Waals surface area contributed by atoms with Crippen LogP contribution in [-0.4, -0.2) is 11.3 Å². The van der Waals surface area contributed by atoms with Crippen LogP contribution in [0.5, 0.6) is 0 Å². The summed E-state index contributed by atoms with van der Waals surface area (Å²) in [6, 6.07) is 1.61. The molecule has 0 aromatic carbocycles. The van der Waals surface area contributed by atoms with Crippen molar-refractivity contribution >= 4 is 12.1 Å². The van der Waals surface area contributed by atoms with Crippen molar-refractivity contribution in [3.8, 4) is 0 Å². The van der Waals surface area contributed by atoms with E-state index < -0.39 is 0 Å². The number of nitrogens with zero attached hydrogens (tertiary/aromatic N) is 1. The minimum Gasteiger partial charge on any atom is -0.383 e. The van der Waals surface area contributed by atoms with E-state index in [1.54, 1.807) is 12.3 Å². The molecule has 0 aliphatic carbocycles. The van der Waals surface area contributed by atoms with Crippen molar-refractivity contribution in [2.45, 2.75) is 19.4 Å². The average Bonchev–Trinajstić information content (AvgIpc) is 2.17. The standard InChI is InChI=1S/C9H13N3O/c1-2-8(10)6-3-7(5-13)9(11)12-4-6/h3-5,8H,2,10H2,1H3,(H2,11,12)/t8-/m0/s1. The molecule has 4 N–H and O–H groups in total. The van der Waals surface area contributed by atoms with Crippen molar-refractivity contribution in [3.05, 3.63) is 23.4 Å². The van der Waals surface area contributed by atoms with Gasteiger partial charge in [-0.1, -0.05) is 6.92 Å². The van der Waals surface area contributed by atoms with E-state index in [4.69, 9.17) is 11.5 Å². The lowest BCUT2D eigenvalue weighted by atomic mass is 10.1. The van der Waals surface area contributed by atoms with Crippen LogP contribution >= 0.6 is 0 Å². The molecule has 0 fully saturated rings. The molecule has 0 spiro atoms. The van der Waals surface area contributed by atoms with Gasteiger partial charge >= 0.3 is 0 Å². The van der Waals surface area contributed by atoms with Crippen LogP contribution in [0.25, 0.3) is 0 Å². The largest absolute Gasteiger partial charge is 0.383 e. The summed E-state index contributed by atoms with van der Waals surface area (Å²) >= 11 is 0. The quantitative estimate of drug-likeness (QED) is 0.675. The summed E-state index contributed by atoms with van der Waals surface area (Å²) in [6.45, 7) is 1.97.